The topological polar surface area (TPSA) is 30.2 Å². The molecule has 2 aromatic carbocycles. The molecule has 25 heavy (non-hydrogen) atoms. The lowest BCUT2D eigenvalue weighted by Gasteiger charge is -2.05. The lowest BCUT2D eigenvalue weighted by Crippen LogP contribution is -1.97. The van der Waals surface area contributed by atoms with E-state index in [1.165, 1.54) is 5.56 Å². The molecule has 0 bridgehead atoms. The number of aromatic nitrogens is 3. The summed E-state index contributed by atoms with van der Waals surface area (Å²) in [4.78, 5) is 4.77. The summed E-state index contributed by atoms with van der Waals surface area (Å²) in [5.41, 5.74) is 7.38. The van der Waals surface area contributed by atoms with Crippen molar-refractivity contribution in [1.29, 1.82) is 0 Å². The van der Waals surface area contributed by atoms with Crippen molar-refractivity contribution in [3.05, 3.63) is 88.3 Å². The van der Waals surface area contributed by atoms with Crippen molar-refractivity contribution in [1.82, 2.24) is 14.6 Å². The van der Waals surface area contributed by atoms with E-state index >= 15 is 0 Å². The van der Waals surface area contributed by atoms with Crippen LogP contribution in [0.1, 0.15) is 22.6 Å². The largest absolute Gasteiger partial charge is 0.233 e. The first-order valence-electron chi connectivity index (χ1n) is 8.27. The fourth-order valence-corrected chi connectivity index (χ4v) is 3.32. The molecule has 0 unspecified atom stereocenters. The number of hydrogen-bond acceptors (Lipinski definition) is 2. The van der Waals surface area contributed by atoms with Crippen LogP contribution in [0.25, 0.3) is 16.8 Å². The Balaban J connectivity index is 1.96. The molecule has 4 aromatic rings. The highest BCUT2D eigenvalue weighted by Gasteiger charge is 2.17. The minimum absolute atomic E-state index is 0.727. The van der Waals surface area contributed by atoms with Gasteiger partial charge in [0.1, 0.15) is 0 Å². The molecular weight excluding hydrogens is 330 g/mol. The van der Waals surface area contributed by atoms with Crippen LogP contribution in [0, 0.1) is 13.8 Å². The zero-order valence-electron chi connectivity index (χ0n) is 14.2. The maximum absolute atomic E-state index is 6.07. The SMILES string of the molecule is Cc1cc(C)n2nc(Cc3ccccc3)c(-c3ccc(Cl)cc3)c2n1. The Kier molecular flexibility index (Phi) is 4.02. The van der Waals surface area contributed by atoms with Crippen LogP contribution in [-0.4, -0.2) is 14.6 Å². The summed E-state index contributed by atoms with van der Waals surface area (Å²) >= 11 is 6.07. The highest BCUT2D eigenvalue weighted by molar-refractivity contribution is 6.30. The third-order valence-corrected chi connectivity index (χ3v) is 4.57. The zero-order valence-corrected chi connectivity index (χ0v) is 15.0. The van der Waals surface area contributed by atoms with Crippen molar-refractivity contribution in [2.75, 3.05) is 0 Å². The molecule has 0 spiro atoms. The molecule has 0 aliphatic heterocycles. The molecule has 4 rings (SSSR count). The standard InChI is InChI=1S/C21H18ClN3/c1-14-12-15(2)25-21(23-14)20(17-8-10-18(22)11-9-17)19(24-25)13-16-6-4-3-5-7-16/h3-12H,13H2,1-2H3. The molecule has 0 amide bonds. The van der Waals surface area contributed by atoms with E-state index in [9.17, 15) is 0 Å². The van der Waals surface area contributed by atoms with Gasteiger partial charge in [-0.05, 0) is 43.2 Å². The van der Waals surface area contributed by atoms with E-state index in [-0.39, 0.29) is 0 Å². The number of nitrogens with zero attached hydrogens (tertiary/aromatic N) is 3. The van der Waals surface area contributed by atoms with Gasteiger partial charge in [-0.2, -0.15) is 5.10 Å². The molecule has 0 radical (unpaired) electrons. The van der Waals surface area contributed by atoms with Gasteiger partial charge in [-0.25, -0.2) is 9.50 Å². The maximum Gasteiger partial charge on any atom is 0.163 e. The van der Waals surface area contributed by atoms with E-state index in [1.807, 2.05) is 41.8 Å². The van der Waals surface area contributed by atoms with Gasteiger partial charge in [0.25, 0.3) is 0 Å². The van der Waals surface area contributed by atoms with E-state index in [0.29, 0.717) is 0 Å². The van der Waals surface area contributed by atoms with E-state index in [2.05, 4.69) is 37.3 Å². The van der Waals surface area contributed by atoms with Crippen molar-refractivity contribution in [2.45, 2.75) is 20.3 Å². The van der Waals surface area contributed by atoms with Crippen LogP contribution in [0.2, 0.25) is 5.02 Å². The van der Waals surface area contributed by atoms with Gasteiger partial charge >= 0.3 is 0 Å². The van der Waals surface area contributed by atoms with Crippen molar-refractivity contribution < 1.29 is 0 Å². The Morgan fingerprint density at radius 2 is 1.68 bits per heavy atom. The van der Waals surface area contributed by atoms with Gasteiger partial charge in [-0.1, -0.05) is 54.1 Å². The molecule has 2 aromatic heterocycles. The van der Waals surface area contributed by atoms with Crippen molar-refractivity contribution >= 4 is 17.2 Å². The van der Waals surface area contributed by atoms with Crippen LogP contribution < -0.4 is 0 Å². The maximum atomic E-state index is 6.07. The van der Waals surface area contributed by atoms with E-state index < -0.39 is 0 Å². The molecule has 0 aliphatic rings. The Bertz CT molecular complexity index is 1030. The number of hydrogen-bond donors (Lipinski definition) is 0. The number of rotatable bonds is 3. The molecule has 0 fully saturated rings. The molecule has 3 nitrogen and oxygen atoms in total. The Hall–Kier alpha value is -2.65. The third kappa shape index (κ3) is 3.03. The van der Waals surface area contributed by atoms with Crippen LogP contribution in [0.5, 0.6) is 0 Å². The monoisotopic (exact) mass is 347 g/mol. The number of aryl methyl sites for hydroxylation is 2. The lowest BCUT2D eigenvalue weighted by molar-refractivity contribution is 0.856. The quantitative estimate of drug-likeness (QED) is 0.506. The predicted molar refractivity (Wildman–Crippen MR) is 102 cm³/mol. The molecule has 0 atom stereocenters. The number of benzene rings is 2. The fraction of sp³-hybridized carbons (Fsp3) is 0.143. The summed E-state index contributed by atoms with van der Waals surface area (Å²) in [5.74, 6) is 0. The van der Waals surface area contributed by atoms with Crippen LogP contribution in [-0.2, 0) is 6.42 Å². The van der Waals surface area contributed by atoms with Gasteiger partial charge in [0, 0.05) is 22.8 Å². The molecule has 0 N–H and O–H groups in total. The minimum Gasteiger partial charge on any atom is -0.233 e. The van der Waals surface area contributed by atoms with Crippen molar-refractivity contribution in [2.24, 2.45) is 0 Å². The van der Waals surface area contributed by atoms with Gasteiger partial charge in [0.15, 0.2) is 5.65 Å². The van der Waals surface area contributed by atoms with Crippen LogP contribution in [0.15, 0.2) is 60.7 Å². The van der Waals surface area contributed by atoms with E-state index in [1.54, 1.807) is 0 Å². The number of fused-ring (bicyclic) bond motifs is 1. The average Bonchev–Trinajstić information content (AvgIpc) is 2.95. The van der Waals surface area contributed by atoms with Gasteiger partial charge in [0.05, 0.1) is 11.3 Å². The minimum atomic E-state index is 0.727. The number of halogens is 1. The second kappa shape index (κ2) is 6.34. The lowest BCUT2D eigenvalue weighted by atomic mass is 10.0. The first kappa shape index (κ1) is 15.9. The zero-order chi connectivity index (χ0) is 17.4. The van der Waals surface area contributed by atoms with Crippen molar-refractivity contribution in [3.8, 4) is 11.1 Å². The molecule has 124 valence electrons. The van der Waals surface area contributed by atoms with Gasteiger partial charge in [0.2, 0.25) is 0 Å². The summed E-state index contributed by atoms with van der Waals surface area (Å²) < 4.78 is 1.94. The normalized spacial score (nSPS) is 11.2. The fourth-order valence-electron chi connectivity index (χ4n) is 3.19. The van der Waals surface area contributed by atoms with Crippen LogP contribution >= 0.6 is 11.6 Å². The highest BCUT2D eigenvalue weighted by atomic mass is 35.5. The summed E-state index contributed by atoms with van der Waals surface area (Å²) in [6.45, 7) is 4.08. The van der Waals surface area contributed by atoms with Crippen LogP contribution in [0.3, 0.4) is 0 Å². The van der Waals surface area contributed by atoms with Gasteiger partial charge in [-0.3, -0.25) is 0 Å². The predicted octanol–water partition coefficient (Wildman–Crippen LogP) is 5.26. The van der Waals surface area contributed by atoms with E-state index in [0.717, 1.165) is 45.3 Å². The summed E-state index contributed by atoms with van der Waals surface area (Å²) in [5, 5.41) is 5.60. The Morgan fingerprint density at radius 3 is 2.40 bits per heavy atom. The first-order valence-corrected chi connectivity index (χ1v) is 8.65. The molecular formula is C21H18ClN3. The van der Waals surface area contributed by atoms with E-state index in [4.69, 9.17) is 21.7 Å². The first-order chi connectivity index (χ1) is 12.1. The second-order valence-corrected chi connectivity index (χ2v) is 6.70. The summed E-state index contributed by atoms with van der Waals surface area (Å²) in [6.07, 6.45) is 0.765. The third-order valence-electron chi connectivity index (χ3n) is 4.31. The van der Waals surface area contributed by atoms with Crippen molar-refractivity contribution in [3.63, 3.8) is 0 Å². The van der Waals surface area contributed by atoms with Gasteiger partial charge < -0.3 is 0 Å². The molecule has 0 saturated carbocycles. The van der Waals surface area contributed by atoms with Gasteiger partial charge in [-0.15, -0.1) is 0 Å². The van der Waals surface area contributed by atoms with Crippen LogP contribution in [0.4, 0.5) is 0 Å². The summed E-state index contributed by atoms with van der Waals surface area (Å²) in [6, 6.07) is 20.3. The molecule has 4 heteroatoms. The smallest absolute Gasteiger partial charge is 0.163 e. The molecule has 2 heterocycles. The summed E-state index contributed by atoms with van der Waals surface area (Å²) in [7, 11) is 0. The Morgan fingerprint density at radius 1 is 0.960 bits per heavy atom. The average molecular weight is 348 g/mol. The molecule has 0 aliphatic carbocycles. The highest BCUT2D eigenvalue weighted by Crippen LogP contribution is 2.30. The molecule has 0 saturated heterocycles. The second-order valence-electron chi connectivity index (χ2n) is 6.27. The Labute approximate surface area is 151 Å².